The van der Waals surface area contributed by atoms with Crippen LogP contribution in [0.25, 0.3) is 0 Å². The lowest BCUT2D eigenvalue weighted by atomic mass is 9.91. The van der Waals surface area contributed by atoms with E-state index in [1.54, 1.807) is 0 Å². The van der Waals surface area contributed by atoms with Crippen molar-refractivity contribution in [3.8, 4) is 0 Å². The molecular formula is C20H34N4O2. The van der Waals surface area contributed by atoms with Crippen LogP contribution in [0.2, 0.25) is 0 Å². The molecule has 1 N–H and O–H groups in total. The molecule has 2 aliphatic heterocycles. The molecule has 1 aromatic rings. The van der Waals surface area contributed by atoms with Gasteiger partial charge in [0.1, 0.15) is 0 Å². The molecule has 3 heterocycles. The highest BCUT2D eigenvalue weighted by molar-refractivity contribution is 5.85. The Kier molecular flexibility index (Phi) is 5.19. The zero-order valence-corrected chi connectivity index (χ0v) is 17.0. The monoisotopic (exact) mass is 362 g/mol. The van der Waals surface area contributed by atoms with E-state index in [2.05, 4.69) is 44.2 Å². The average Bonchev–Trinajstić information content (AvgIpc) is 3.17. The fraction of sp³-hybridized carbons (Fsp3) is 0.800. The zero-order valence-electron chi connectivity index (χ0n) is 17.0. The Morgan fingerprint density at radius 2 is 1.81 bits per heavy atom. The number of hydrogen-bond donors (Lipinski definition) is 1. The standard InChI is InChI=1S/C20H34N4O2/c1-15-17(16(2)24(21-15)19(3,4)5)13-22-10-8-9-20(26,14-22)18(25)23-11-6-7-12-23/h26H,6-14H2,1-5H3. The molecule has 0 aliphatic carbocycles. The van der Waals surface area contributed by atoms with Gasteiger partial charge in [-0.05, 0) is 66.8 Å². The number of piperidine rings is 1. The third kappa shape index (κ3) is 3.67. The minimum Gasteiger partial charge on any atom is -0.379 e. The van der Waals surface area contributed by atoms with Crippen LogP contribution in [0.4, 0.5) is 0 Å². The maximum absolute atomic E-state index is 12.8. The molecule has 2 fully saturated rings. The van der Waals surface area contributed by atoms with E-state index < -0.39 is 5.60 Å². The molecule has 2 aliphatic rings. The molecular weight excluding hydrogens is 328 g/mol. The summed E-state index contributed by atoms with van der Waals surface area (Å²) in [6.45, 7) is 14.3. The third-order valence-electron chi connectivity index (χ3n) is 5.80. The van der Waals surface area contributed by atoms with Gasteiger partial charge in [-0.1, -0.05) is 0 Å². The second-order valence-corrected chi connectivity index (χ2v) is 9.08. The van der Waals surface area contributed by atoms with E-state index in [0.29, 0.717) is 13.0 Å². The van der Waals surface area contributed by atoms with Crippen molar-refractivity contribution in [1.82, 2.24) is 19.6 Å². The molecule has 1 atom stereocenters. The Bertz CT molecular complexity index is 670. The van der Waals surface area contributed by atoms with Crippen LogP contribution in [0.5, 0.6) is 0 Å². The maximum atomic E-state index is 12.8. The number of carbonyl (C=O) groups is 1. The summed E-state index contributed by atoms with van der Waals surface area (Å²) >= 11 is 0. The van der Waals surface area contributed by atoms with E-state index >= 15 is 0 Å². The molecule has 0 saturated carbocycles. The molecule has 0 aromatic carbocycles. The number of hydrogen-bond acceptors (Lipinski definition) is 4. The minimum absolute atomic E-state index is 0.0541. The highest BCUT2D eigenvalue weighted by Gasteiger charge is 2.43. The predicted molar refractivity (Wildman–Crippen MR) is 102 cm³/mol. The first-order valence-corrected chi connectivity index (χ1v) is 9.91. The van der Waals surface area contributed by atoms with Gasteiger partial charge in [0.25, 0.3) is 5.91 Å². The number of nitrogens with zero attached hydrogens (tertiary/aromatic N) is 4. The van der Waals surface area contributed by atoms with E-state index in [-0.39, 0.29) is 11.4 Å². The zero-order chi connectivity index (χ0) is 19.1. The first-order valence-electron chi connectivity index (χ1n) is 9.91. The fourth-order valence-corrected chi connectivity index (χ4v) is 4.43. The van der Waals surface area contributed by atoms with Crippen LogP contribution in [0.15, 0.2) is 0 Å². The first-order chi connectivity index (χ1) is 12.1. The Morgan fingerprint density at radius 1 is 1.15 bits per heavy atom. The maximum Gasteiger partial charge on any atom is 0.255 e. The molecule has 1 unspecified atom stereocenters. The number of β-amino-alcohol motifs (C(OH)–C–C–N with tert-alkyl or cyclic N) is 1. The van der Waals surface area contributed by atoms with Gasteiger partial charge in [-0.15, -0.1) is 0 Å². The summed E-state index contributed by atoms with van der Waals surface area (Å²) < 4.78 is 2.09. The molecule has 6 nitrogen and oxygen atoms in total. The number of carbonyl (C=O) groups excluding carboxylic acids is 1. The van der Waals surface area contributed by atoms with Crippen molar-refractivity contribution in [2.24, 2.45) is 0 Å². The lowest BCUT2D eigenvalue weighted by Gasteiger charge is -2.40. The van der Waals surface area contributed by atoms with E-state index in [1.165, 1.54) is 11.3 Å². The van der Waals surface area contributed by atoms with Crippen LogP contribution in [0.1, 0.15) is 63.4 Å². The number of aliphatic hydroxyl groups is 1. The topological polar surface area (TPSA) is 61.6 Å². The van der Waals surface area contributed by atoms with E-state index in [0.717, 1.165) is 51.1 Å². The summed E-state index contributed by atoms with van der Waals surface area (Å²) in [5.41, 5.74) is 2.15. The van der Waals surface area contributed by atoms with Crippen LogP contribution in [0, 0.1) is 13.8 Å². The van der Waals surface area contributed by atoms with E-state index in [4.69, 9.17) is 5.10 Å². The van der Waals surface area contributed by atoms with Gasteiger partial charge in [0.05, 0.1) is 11.2 Å². The molecule has 0 bridgehead atoms. The van der Waals surface area contributed by atoms with Gasteiger partial charge in [0, 0.05) is 37.4 Å². The van der Waals surface area contributed by atoms with Gasteiger partial charge in [-0.3, -0.25) is 14.4 Å². The molecule has 146 valence electrons. The summed E-state index contributed by atoms with van der Waals surface area (Å²) in [6.07, 6.45) is 3.52. The number of aromatic nitrogens is 2. The predicted octanol–water partition coefficient (Wildman–Crippen LogP) is 2.20. The van der Waals surface area contributed by atoms with Gasteiger partial charge in [0.2, 0.25) is 0 Å². The average molecular weight is 363 g/mol. The molecule has 0 spiro atoms. The second kappa shape index (κ2) is 6.97. The molecule has 26 heavy (non-hydrogen) atoms. The summed E-state index contributed by atoms with van der Waals surface area (Å²) in [4.78, 5) is 16.9. The lowest BCUT2D eigenvalue weighted by Crippen LogP contribution is -2.57. The molecule has 6 heteroatoms. The smallest absolute Gasteiger partial charge is 0.255 e. The minimum atomic E-state index is -1.23. The Morgan fingerprint density at radius 3 is 2.38 bits per heavy atom. The van der Waals surface area contributed by atoms with Crippen LogP contribution < -0.4 is 0 Å². The summed E-state index contributed by atoms with van der Waals surface area (Å²) in [5, 5.41) is 15.8. The third-order valence-corrected chi connectivity index (χ3v) is 5.80. The van der Waals surface area contributed by atoms with Gasteiger partial charge < -0.3 is 10.0 Å². The van der Waals surface area contributed by atoms with Crippen molar-refractivity contribution in [2.45, 2.75) is 78.0 Å². The van der Waals surface area contributed by atoms with Crippen molar-refractivity contribution in [1.29, 1.82) is 0 Å². The van der Waals surface area contributed by atoms with Crippen molar-refractivity contribution in [3.05, 3.63) is 17.0 Å². The number of likely N-dealkylation sites (tertiary alicyclic amines) is 2. The highest BCUT2D eigenvalue weighted by Crippen LogP contribution is 2.28. The summed E-state index contributed by atoms with van der Waals surface area (Å²) in [5.74, 6) is -0.0708. The quantitative estimate of drug-likeness (QED) is 0.895. The molecule has 3 rings (SSSR count). The first kappa shape index (κ1) is 19.4. The number of aryl methyl sites for hydroxylation is 1. The van der Waals surface area contributed by atoms with Crippen molar-refractivity contribution < 1.29 is 9.90 Å². The number of amides is 1. The van der Waals surface area contributed by atoms with Crippen LogP contribution in [-0.2, 0) is 16.9 Å². The van der Waals surface area contributed by atoms with Crippen LogP contribution in [-0.4, -0.2) is 62.4 Å². The van der Waals surface area contributed by atoms with E-state index in [1.807, 2.05) is 4.90 Å². The van der Waals surface area contributed by atoms with Gasteiger partial charge >= 0.3 is 0 Å². The largest absolute Gasteiger partial charge is 0.379 e. The van der Waals surface area contributed by atoms with Crippen molar-refractivity contribution >= 4 is 5.91 Å². The molecule has 1 aromatic heterocycles. The van der Waals surface area contributed by atoms with Crippen molar-refractivity contribution in [2.75, 3.05) is 26.2 Å². The summed E-state index contributed by atoms with van der Waals surface area (Å²) in [6, 6.07) is 0. The molecule has 1 amide bonds. The molecule has 2 saturated heterocycles. The van der Waals surface area contributed by atoms with Crippen molar-refractivity contribution in [3.63, 3.8) is 0 Å². The highest BCUT2D eigenvalue weighted by atomic mass is 16.3. The van der Waals surface area contributed by atoms with Gasteiger partial charge in [-0.25, -0.2) is 0 Å². The van der Waals surface area contributed by atoms with E-state index in [9.17, 15) is 9.90 Å². The Labute approximate surface area is 157 Å². The number of rotatable bonds is 3. The lowest BCUT2D eigenvalue weighted by molar-refractivity contribution is -0.156. The van der Waals surface area contributed by atoms with Gasteiger partial charge in [-0.2, -0.15) is 5.10 Å². The van der Waals surface area contributed by atoms with Crippen LogP contribution >= 0.6 is 0 Å². The SMILES string of the molecule is Cc1nn(C(C)(C)C)c(C)c1CN1CCCC(O)(C(=O)N2CCCC2)C1. The Balaban J connectivity index is 1.75. The normalized spacial score (nSPS) is 25.1. The molecule has 0 radical (unpaired) electrons. The van der Waals surface area contributed by atoms with Gasteiger partial charge in [0.15, 0.2) is 5.60 Å². The van der Waals surface area contributed by atoms with Crippen LogP contribution in [0.3, 0.4) is 0 Å². The second-order valence-electron chi connectivity index (χ2n) is 9.08. The summed E-state index contributed by atoms with van der Waals surface area (Å²) in [7, 11) is 0. The Hall–Kier alpha value is -1.40. The fourth-order valence-electron chi connectivity index (χ4n) is 4.43.